The Morgan fingerprint density at radius 2 is 2.04 bits per heavy atom. The molecule has 2 saturated heterocycles. The summed E-state index contributed by atoms with van der Waals surface area (Å²) >= 11 is 2.07. The Labute approximate surface area is 191 Å². The summed E-state index contributed by atoms with van der Waals surface area (Å²) in [4.78, 5) is 7.49. The number of guanidine groups is 1. The van der Waals surface area contributed by atoms with Crippen molar-refractivity contribution in [2.45, 2.75) is 39.3 Å². The minimum absolute atomic E-state index is 0. The number of rotatable bonds is 6. The van der Waals surface area contributed by atoms with Crippen LogP contribution in [-0.4, -0.2) is 67.3 Å². The molecule has 0 saturated carbocycles. The smallest absolute Gasteiger partial charge is 0.191 e. The fraction of sp³-hybridized carbons (Fsp3) is 0.667. The molecule has 158 valence electrons. The number of hydrogen-bond acceptors (Lipinski definition) is 4. The Balaban J connectivity index is 0.00000280. The number of halogens is 1. The normalized spacial score (nSPS) is 23.3. The zero-order chi connectivity index (χ0) is 19.1. The second-order valence-corrected chi connectivity index (χ2v) is 8.71. The van der Waals surface area contributed by atoms with Crippen LogP contribution in [0.2, 0.25) is 0 Å². The quantitative estimate of drug-likeness (QED) is 0.344. The molecule has 1 unspecified atom stereocenters. The van der Waals surface area contributed by atoms with Gasteiger partial charge in [0.25, 0.3) is 0 Å². The molecule has 0 amide bonds. The Bertz CT molecular complexity index is 643. The van der Waals surface area contributed by atoms with Gasteiger partial charge in [0.05, 0.1) is 19.8 Å². The molecular formula is C21H35IN4OS. The number of hydrogen-bond donors (Lipinski definition) is 2. The van der Waals surface area contributed by atoms with Crippen LogP contribution < -0.4 is 10.6 Å². The van der Waals surface area contributed by atoms with E-state index in [-0.39, 0.29) is 29.5 Å². The molecule has 2 fully saturated rings. The van der Waals surface area contributed by atoms with Crippen molar-refractivity contribution < 1.29 is 4.74 Å². The summed E-state index contributed by atoms with van der Waals surface area (Å²) in [7, 11) is 0. The van der Waals surface area contributed by atoms with Gasteiger partial charge in [0.2, 0.25) is 0 Å². The lowest BCUT2D eigenvalue weighted by Gasteiger charge is -2.43. The third-order valence-electron chi connectivity index (χ3n) is 5.60. The second kappa shape index (κ2) is 11.6. The number of aryl methyl sites for hydroxylation is 2. The van der Waals surface area contributed by atoms with Gasteiger partial charge >= 0.3 is 0 Å². The van der Waals surface area contributed by atoms with Gasteiger partial charge in [0.15, 0.2) is 5.96 Å². The Kier molecular flexibility index (Phi) is 9.86. The van der Waals surface area contributed by atoms with E-state index in [1.54, 1.807) is 0 Å². The zero-order valence-corrected chi connectivity index (χ0v) is 20.6. The third-order valence-corrected chi connectivity index (χ3v) is 6.83. The maximum atomic E-state index is 5.57. The topological polar surface area (TPSA) is 48.9 Å². The maximum absolute atomic E-state index is 5.57. The molecule has 7 heteroatoms. The van der Waals surface area contributed by atoms with E-state index in [4.69, 9.17) is 9.73 Å². The first-order chi connectivity index (χ1) is 13.1. The molecule has 1 aromatic carbocycles. The van der Waals surface area contributed by atoms with Crippen molar-refractivity contribution in [1.29, 1.82) is 0 Å². The number of aliphatic imine (C=N–C) groups is 1. The number of nitrogens with zero attached hydrogens (tertiary/aromatic N) is 2. The summed E-state index contributed by atoms with van der Waals surface area (Å²) in [6.07, 6.45) is 1.24. The number of nitrogens with one attached hydrogen (secondary N) is 2. The summed E-state index contributed by atoms with van der Waals surface area (Å²) < 4.78 is 5.57. The van der Waals surface area contributed by atoms with Crippen molar-refractivity contribution in [2.75, 3.05) is 50.9 Å². The fourth-order valence-corrected chi connectivity index (χ4v) is 5.39. The van der Waals surface area contributed by atoms with Crippen molar-refractivity contribution in [3.05, 3.63) is 34.9 Å². The van der Waals surface area contributed by atoms with E-state index in [9.17, 15) is 0 Å². The molecule has 0 bridgehead atoms. The van der Waals surface area contributed by atoms with Crippen molar-refractivity contribution in [3.63, 3.8) is 0 Å². The highest BCUT2D eigenvalue weighted by atomic mass is 127. The number of thioether (sulfide) groups is 1. The summed E-state index contributed by atoms with van der Waals surface area (Å²) in [6, 6.07) is 6.59. The molecule has 1 aromatic rings. The third kappa shape index (κ3) is 6.24. The highest BCUT2D eigenvalue weighted by Gasteiger charge is 2.40. The minimum Gasteiger partial charge on any atom is -0.379 e. The molecule has 0 aromatic heterocycles. The van der Waals surface area contributed by atoms with Gasteiger partial charge in [-0.05, 0) is 44.1 Å². The Morgan fingerprint density at radius 3 is 2.68 bits per heavy atom. The van der Waals surface area contributed by atoms with Crippen LogP contribution in [0.25, 0.3) is 0 Å². The van der Waals surface area contributed by atoms with Gasteiger partial charge in [-0.3, -0.25) is 4.90 Å². The molecule has 2 aliphatic rings. The molecule has 1 atom stereocenters. The van der Waals surface area contributed by atoms with Crippen LogP contribution in [0.5, 0.6) is 0 Å². The standard InChI is InChI=1S/C21H34N4OS.HI/c1-4-22-20(23-14-19-6-5-17(2)13-18(19)3)24-15-21(7-12-27-16-21)25-8-10-26-11-9-25;/h5-6,13H,4,7-12,14-16H2,1-3H3,(H2,22,23,24);1H. The van der Waals surface area contributed by atoms with Crippen LogP contribution >= 0.6 is 35.7 Å². The Hall–Kier alpha value is -0.510. The molecule has 2 aliphatic heterocycles. The highest BCUT2D eigenvalue weighted by molar-refractivity contribution is 14.0. The molecule has 3 rings (SSSR count). The van der Waals surface area contributed by atoms with E-state index in [2.05, 4.69) is 66.3 Å². The van der Waals surface area contributed by atoms with E-state index in [1.165, 1.54) is 34.6 Å². The first-order valence-electron chi connectivity index (χ1n) is 10.1. The monoisotopic (exact) mass is 518 g/mol. The molecular weight excluding hydrogens is 483 g/mol. The highest BCUT2D eigenvalue weighted by Crippen LogP contribution is 2.33. The van der Waals surface area contributed by atoms with Crippen molar-refractivity contribution in [1.82, 2.24) is 15.5 Å². The lowest BCUT2D eigenvalue weighted by molar-refractivity contribution is -0.0120. The van der Waals surface area contributed by atoms with Gasteiger partial charge in [-0.1, -0.05) is 23.8 Å². The predicted molar refractivity (Wildman–Crippen MR) is 131 cm³/mol. The summed E-state index contributed by atoms with van der Waals surface area (Å²) in [5, 5.41) is 7.06. The van der Waals surface area contributed by atoms with Crippen molar-refractivity contribution in [3.8, 4) is 0 Å². The molecule has 2 heterocycles. The van der Waals surface area contributed by atoms with Crippen LogP contribution in [0.1, 0.15) is 30.0 Å². The van der Waals surface area contributed by atoms with Crippen molar-refractivity contribution >= 4 is 41.7 Å². The van der Waals surface area contributed by atoms with Crippen LogP contribution in [-0.2, 0) is 11.3 Å². The summed E-state index contributed by atoms with van der Waals surface area (Å²) in [5.41, 5.74) is 4.13. The van der Waals surface area contributed by atoms with Crippen LogP contribution in [0.4, 0.5) is 0 Å². The summed E-state index contributed by atoms with van der Waals surface area (Å²) in [5.74, 6) is 3.35. The van der Waals surface area contributed by atoms with Gasteiger partial charge in [-0.2, -0.15) is 11.8 Å². The van der Waals surface area contributed by atoms with E-state index < -0.39 is 0 Å². The van der Waals surface area contributed by atoms with E-state index in [0.717, 1.165) is 45.4 Å². The van der Waals surface area contributed by atoms with E-state index >= 15 is 0 Å². The number of ether oxygens (including phenoxy) is 1. The molecule has 28 heavy (non-hydrogen) atoms. The second-order valence-electron chi connectivity index (χ2n) is 7.61. The van der Waals surface area contributed by atoms with E-state index in [1.807, 2.05) is 0 Å². The number of morpholine rings is 1. The van der Waals surface area contributed by atoms with E-state index in [0.29, 0.717) is 6.54 Å². The SMILES string of the molecule is CCNC(=NCc1ccc(C)cc1C)NCC1(N2CCOCC2)CCSC1.I. The Morgan fingerprint density at radius 1 is 1.25 bits per heavy atom. The van der Waals surface area contributed by atoms with Gasteiger partial charge in [0, 0.05) is 37.5 Å². The predicted octanol–water partition coefficient (Wildman–Crippen LogP) is 3.18. The minimum atomic E-state index is 0. The average Bonchev–Trinajstić information content (AvgIpc) is 3.16. The van der Waals surface area contributed by atoms with Gasteiger partial charge in [-0.15, -0.1) is 24.0 Å². The van der Waals surface area contributed by atoms with Crippen LogP contribution in [0, 0.1) is 13.8 Å². The molecule has 5 nitrogen and oxygen atoms in total. The molecule has 0 aliphatic carbocycles. The van der Waals surface area contributed by atoms with Crippen LogP contribution in [0.3, 0.4) is 0 Å². The lowest BCUT2D eigenvalue weighted by Crippen LogP contribution is -2.60. The fourth-order valence-electron chi connectivity index (χ4n) is 3.91. The van der Waals surface area contributed by atoms with Gasteiger partial charge < -0.3 is 15.4 Å². The first-order valence-corrected chi connectivity index (χ1v) is 11.3. The molecule has 2 N–H and O–H groups in total. The molecule has 0 spiro atoms. The summed E-state index contributed by atoms with van der Waals surface area (Å²) in [6.45, 7) is 12.7. The zero-order valence-electron chi connectivity index (χ0n) is 17.4. The maximum Gasteiger partial charge on any atom is 0.191 e. The largest absolute Gasteiger partial charge is 0.379 e. The van der Waals surface area contributed by atoms with Crippen molar-refractivity contribution in [2.24, 2.45) is 4.99 Å². The van der Waals surface area contributed by atoms with Crippen LogP contribution in [0.15, 0.2) is 23.2 Å². The molecule has 0 radical (unpaired) electrons. The van der Waals surface area contributed by atoms with Gasteiger partial charge in [0.1, 0.15) is 0 Å². The average molecular weight is 519 g/mol. The van der Waals surface area contributed by atoms with Gasteiger partial charge in [-0.25, -0.2) is 4.99 Å². The first kappa shape index (κ1) is 23.8. The lowest BCUT2D eigenvalue weighted by atomic mass is 9.95. The number of benzene rings is 1.